The van der Waals surface area contributed by atoms with Crippen LogP contribution in [-0.2, 0) is 9.09 Å². The molecule has 0 aromatic carbocycles. The topological polar surface area (TPSA) is 46.5 Å². The van der Waals surface area contributed by atoms with E-state index in [1.807, 2.05) is 0 Å². The minimum atomic E-state index is -3.48. The van der Waals surface area contributed by atoms with Crippen LogP contribution in [0.2, 0.25) is 0 Å². The molecule has 1 saturated carbocycles. The van der Waals surface area contributed by atoms with Gasteiger partial charge in [0.05, 0.1) is 6.61 Å². The molecule has 0 bridgehead atoms. The van der Waals surface area contributed by atoms with E-state index in [2.05, 4.69) is 6.58 Å². The second kappa shape index (κ2) is 6.47. The van der Waals surface area contributed by atoms with Gasteiger partial charge in [-0.3, -0.25) is 4.57 Å². The van der Waals surface area contributed by atoms with E-state index in [1.165, 1.54) is 32.1 Å². The minimum Gasteiger partial charge on any atom is -0.321 e. The van der Waals surface area contributed by atoms with Crippen LogP contribution in [0.15, 0.2) is 12.4 Å². The lowest BCUT2D eigenvalue weighted by molar-refractivity contribution is 0.243. The third-order valence-electron chi connectivity index (χ3n) is 2.99. The fraction of sp³-hybridized carbons (Fsp3) is 0.818. The summed E-state index contributed by atoms with van der Waals surface area (Å²) in [5.74, 6) is 1.80. The summed E-state index contributed by atoms with van der Waals surface area (Å²) in [6.45, 7) is 3.63. The quantitative estimate of drug-likeness (QED) is 0.561. The van der Waals surface area contributed by atoms with E-state index in [-0.39, 0.29) is 0 Å². The molecule has 1 aliphatic rings. The van der Waals surface area contributed by atoms with Crippen LogP contribution in [0.4, 0.5) is 0 Å². The summed E-state index contributed by atoms with van der Waals surface area (Å²) in [5.41, 5.74) is 0. The highest BCUT2D eigenvalue weighted by Gasteiger charge is 2.15. The van der Waals surface area contributed by atoms with Crippen LogP contribution >= 0.6 is 7.60 Å². The van der Waals surface area contributed by atoms with Gasteiger partial charge >= 0.3 is 7.60 Å². The van der Waals surface area contributed by atoms with Gasteiger partial charge in [-0.25, -0.2) is 0 Å². The van der Waals surface area contributed by atoms with Crippen LogP contribution < -0.4 is 0 Å². The third-order valence-corrected chi connectivity index (χ3v) is 4.00. The largest absolute Gasteiger partial charge is 0.351 e. The van der Waals surface area contributed by atoms with Crippen molar-refractivity contribution >= 4 is 7.60 Å². The fourth-order valence-corrected chi connectivity index (χ4v) is 2.59. The van der Waals surface area contributed by atoms with Crippen molar-refractivity contribution in [2.75, 3.05) is 6.61 Å². The summed E-state index contributed by atoms with van der Waals surface area (Å²) in [7, 11) is -3.48. The Morgan fingerprint density at radius 1 is 1.40 bits per heavy atom. The van der Waals surface area contributed by atoms with Crippen molar-refractivity contribution in [2.24, 2.45) is 5.92 Å². The van der Waals surface area contributed by atoms with Gasteiger partial charge in [0.1, 0.15) is 0 Å². The first kappa shape index (κ1) is 13.0. The van der Waals surface area contributed by atoms with Gasteiger partial charge in [-0.2, -0.15) is 0 Å². The summed E-state index contributed by atoms with van der Waals surface area (Å²) >= 11 is 0. The van der Waals surface area contributed by atoms with Crippen molar-refractivity contribution in [2.45, 2.75) is 44.9 Å². The molecule has 1 rings (SSSR count). The van der Waals surface area contributed by atoms with E-state index in [9.17, 15) is 4.57 Å². The minimum absolute atomic E-state index is 0.371. The first-order valence-electron chi connectivity index (χ1n) is 5.75. The van der Waals surface area contributed by atoms with E-state index in [4.69, 9.17) is 9.42 Å². The molecule has 0 aliphatic heterocycles. The Kier molecular flexibility index (Phi) is 5.59. The van der Waals surface area contributed by atoms with Gasteiger partial charge in [-0.05, 0) is 18.8 Å². The average Bonchev–Trinajstić information content (AvgIpc) is 2.26. The van der Waals surface area contributed by atoms with Gasteiger partial charge in [0.15, 0.2) is 0 Å². The molecule has 1 N–H and O–H groups in total. The molecule has 0 aromatic rings. The highest BCUT2D eigenvalue weighted by molar-refractivity contribution is 7.56. The van der Waals surface area contributed by atoms with Crippen LogP contribution in [0.5, 0.6) is 0 Å². The van der Waals surface area contributed by atoms with E-state index >= 15 is 0 Å². The van der Waals surface area contributed by atoms with E-state index < -0.39 is 7.60 Å². The van der Waals surface area contributed by atoms with Gasteiger partial charge in [-0.15, -0.1) is 0 Å². The standard InChI is InChI=1S/C11H21O3P/c1-2-15(12,13)14-10-6-9-11-7-4-3-5-8-11/h2,11H,1,3-10H2,(H,12,13). The molecular formula is C11H21O3P. The summed E-state index contributed by atoms with van der Waals surface area (Å²) in [6, 6.07) is 0. The molecule has 1 unspecified atom stereocenters. The summed E-state index contributed by atoms with van der Waals surface area (Å²) in [4.78, 5) is 9.08. The van der Waals surface area contributed by atoms with Crippen LogP contribution in [-0.4, -0.2) is 11.5 Å². The van der Waals surface area contributed by atoms with Gasteiger partial charge in [0.25, 0.3) is 0 Å². The molecule has 0 aromatic heterocycles. The fourth-order valence-electron chi connectivity index (χ4n) is 2.10. The predicted molar refractivity (Wildman–Crippen MR) is 61.8 cm³/mol. The van der Waals surface area contributed by atoms with Crippen molar-refractivity contribution in [3.63, 3.8) is 0 Å². The Labute approximate surface area is 92.1 Å². The molecule has 1 fully saturated rings. The second-order valence-corrected chi connectivity index (χ2v) is 5.98. The lowest BCUT2D eigenvalue weighted by atomic mass is 9.86. The Morgan fingerprint density at radius 2 is 2.07 bits per heavy atom. The van der Waals surface area contributed by atoms with Gasteiger partial charge < -0.3 is 9.42 Å². The molecule has 0 amide bonds. The van der Waals surface area contributed by atoms with Crippen LogP contribution in [0.25, 0.3) is 0 Å². The summed E-state index contributed by atoms with van der Waals surface area (Å²) in [5, 5.41) is 0. The van der Waals surface area contributed by atoms with E-state index in [0.29, 0.717) is 6.61 Å². The van der Waals surface area contributed by atoms with Gasteiger partial charge in [0, 0.05) is 5.82 Å². The van der Waals surface area contributed by atoms with Crippen LogP contribution in [0.3, 0.4) is 0 Å². The molecule has 0 radical (unpaired) electrons. The van der Waals surface area contributed by atoms with Gasteiger partial charge in [0.2, 0.25) is 0 Å². The molecule has 3 nitrogen and oxygen atoms in total. The third kappa shape index (κ3) is 5.50. The number of hydrogen-bond donors (Lipinski definition) is 1. The first-order chi connectivity index (χ1) is 7.14. The normalized spacial score (nSPS) is 22.2. The van der Waals surface area contributed by atoms with Crippen LogP contribution in [0.1, 0.15) is 44.9 Å². The molecule has 1 aliphatic carbocycles. The number of hydrogen-bond acceptors (Lipinski definition) is 2. The van der Waals surface area contributed by atoms with Crippen molar-refractivity contribution in [1.82, 2.24) is 0 Å². The molecule has 1 atom stereocenters. The summed E-state index contributed by atoms with van der Waals surface area (Å²) < 4.78 is 15.9. The SMILES string of the molecule is C=CP(=O)(O)OCCCC1CCCCC1. The van der Waals surface area contributed by atoms with Crippen molar-refractivity contribution in [1.29, 1.82) is 0 Å². The Hall–Kier alpha value is -0.110. The zero-order valence-corrected chi connectivity index (χ0v) is 10.1. The van der Waals surface area contributed by atoms with E-state index in [1.54, 1.807) is 0 Å². The summed E-state index contributed by atoms with van der Waals surface area (Å²) in [6.07, 6.45) is 8.69. The molecule has 0 heterocycles. The molecule has 4 heteroatoms. The average molecular weight is 232 g/mol. The molecule has 0 saturated heterocycles. The zero-order valence-electron chi connectivity index (χ0n) is 9.23. The monoisotopic (exact) mass is 232 g/mol. The van der Waals surface area contributed by atoms with Crippen molar-refractivity contribution in [3.8, 4) is 0 Å². The maximum atomic E-state index is 11.0. The van der Waals surface area contributed by atoms with Crippen LogP contribution in [0, 0.1) is 5.92 Å². The predicted octanol–water partition coefficient (Wildman–Crippen LogP) is 3.69. The smallest absolute Gasteiger partial charge is 0.321 e. The van der Waals surface area contributed by atoms with Crippen molar-refractivity contribution in [3.05, 3.63) is 12.4 Å². The highest BCUT2D eigenvalue weighted by Crippen LogP contribution is 2.42. The maximum Gasteiger partial charge on any atom is 0.351 e. The number of rotatable bonds is 6. The lowest BCUT2D eigenvalue weighted by Crippen LogP contribution is -2.07. The molecule has 15 heavy (non-hydrogen) atoms. The van der Waals surface area contributed by atoms with Crippen molar-refractivity contribution < 1.29 is 14.0 Å². The Morgan fingerprint density at radius 3 is 2.67 bits per heavy atom. The maximum absolute atomic E-state index is 11.0. The lowest BCUT2D eigenvalue weighted by Gasteiger charge is -2.21. The molecule has 88 valence electrons. The van der Waals surface area contributed by atoms with E-state index in [0.717, 1.165) is 24.6 Å². The Bertz CT molecular complexity index is 234. The Balaban J connectivity index is 2.05. The first-order valence-corrected chi connectivity index (χ1v) is 7.39. The molecule has 0 spiro atoms. The zero-order chi connectivity index (χ0) is 11.1. The second-order valence-electron chi connectivity index (χ2n) is 4.23. The van der Waals surface area contributed by atoms with Gasteiger partial charge in [-0.1, -0.05) is 38.7 Å². The highest BCUT2D eigenvalue weighted by atomic mass is 31.2. The molecular weight excluding hydrogens is 211 g/mol.